The maximum Gasteiger partial charge on any atom is 0.204 e. The van der Waals surface area contributed by atoms with Gasteiger partial charge in [0, 0.05) is 11.4 Å². The maximum absolute atomic E-state index is 3.26. The molecule has 0 amide bonds. The molecule has 1 unspecified atom stereocenters. The number of fused-ring (bicyclic) bond motifs is 1. The summed E-state index contributed by atoms with van der Waals surface area (Å²) in [6, 6.07) is 0. The first-order chi connectivity index (χ1) is 6.04. The summed E-state index contributed by atoms with van der Waals surface area (Å²) in [5.74, 6) is 0.553. The minimum atomic E-state index is 0.553. The lowest BCUT2D eigenvalue weighted by molar-refractivity contribution is -0.683. The van der Waals surface area contributed by atoms with Crippen molar-refractivity contribution in [2.24, 2.45) is 14.1 Å². The molecule has 1 atom stereocenters. The first-order valence-corrected chi connectivity index (χ1v) is 4.69. The van der Waals surface area contributed by atoms with Crippen molar-refractivity contribution in [1.82, 2.24) is 4.57 Å². The zero-order valence-corrected chi connectivity index (χ0v) is 8.97. The van der Waals surface area contributed by atoms with Crippen LogP contribution in [0.3, 0.4) is 0 Å². The van der Waals surface area contributed by atoms with Crippen LogP contribution < -0.4 is 4.57 Å². The van der Waals surface area contributed by atoms with Crippen molar-refractivity contribution < 1.29 is 4.57 Å². The Morgan fingerprint density at radius 3 is 2.54 bits per heavy atom. The zero-order chi connectivity index (χ0) is 9.75. The average molecular weight is 176 g/mol. The van der Waals surface area contributed by atoms with Crippen molar-refractivity contribution in [3.63, 3.8) is 0 Å². The van der Waals surface area contributed by atoms with Gasteiger partial charge in [0.15, 0.2) is 0 Å². The summed E-state index contributed by atoms with van der Waals surface area (Å²) >= 11 is 0. The summed E-state index contributed by atoms with van der Waals surface area (Å²) < 4.78 is 4.21. The molecule has 1 heterocycles. The van der Waals surface area contributed by atoms with Gasteiger partial charge in [0.2, 0.25) is 6.33 Å². The van der Waals surface area contributed by atoms with E-state index in [0.717, 1.165) is 0 Å². The standard InChI is InChI=1S/C11H16N2/c1-7-8(2)10-11(9(7)3)13(5)6-12(10)4/h8H,1-5H3. The van der Waals surface area contributed by atoms with Gasteiger partial charge in [-0.2, -0.15) is 0 Å². The van der Waals surface area contributed by atoms with Gasteiger partial charge in [-0.15, -0.1) is 0 Å². The number of hydrogen-bond donors (Lipinski definition) is 0. The summed E-state index contributed by atoms with van der Waals surface area (Å²) in [4.78, 5) is 0. The van der Waals surface area contributed by atoms with Gasteiger partial charge < -0.3 is 9.13 Å². The van der Waals surface area contributed by atoms with Crippen LogP contribution in [0.2, 0.25) is 0 Å². The molecule has 2 nitrogen and oxygen atoms in total. The number of allylic oxidation sites excluding steroid dienone is 2. The van der Waals surface area contributed by atoms with Crippen molar-refractivity contribution in [1.29, 1.82) is 0 Å². The Balaban J connectivity index is 2.73. The fraction of sp³-hybridized carbons (Fsp3) is 0.545. The van der Waals surface area contributed by atoms with Crippen LogP contribution >= 0.6 is 0 Å². The lowest BCUT2D eigenvalue weighted by Gasteiger charge is -2.09. The first-order valence-electron chi connectivity index (χ1n) is 4.69. The second-order valence-corrected chi connectivity index (χ2v) is 3.98. The molecule has 0 radical (unpaired) electrons. The fourth-order valence-corrected chi connectivity index (χ4v) is 2.32. The Morgan fingerprint density at radius 2 is 2.00 bits per heavy atom. The number of nitrogens with zero attached hydrogens (tertiary/aromatic N) is 2. The topological polar surface area (TPSA) is 8.81 Å². The summed E-state index contributed by atoms with van der Waals surface area (Å²) in [7, 11) is 4.13. The van der Waals surface area contributed by atoms with Crippen LogP contribution in [0.25, 0.3) is 5.57 Å². The van der Waals surface area contributed by atoms with Crippen molar-refractivity contribution >= 4 is 5.57 Å². The smallest absolute Gasteiger partial charge is 0.204 e. The van der Waals surface area contributed by atoms with Crippen LogP contribution in [0.15, 0.2) is 5.57 Å². The largest absolute Gasteiger partial charge is 0.350 e. The molecule has 2 rings (SSSR count). The third-order valence-electron chi connectivity index (χ3n) is 3.25. The van der Waals surface area contributed by atoms with E-state index >= 15 is 0 Å². The molecule has 0 aliphatic heterocycles. The molecule has 0 spiro atoms. The first kappa shape index (κ1) is 8.54. The van der Waals surface area contributed by atoms with Crippen molar-refractivity contribution in [3.05, 3.63) is 23.3 Å². The Morgan fingerprint density at radius 1 is 1.38 bits per heavy atom. The number of aromatic nitrogens is 2. The monoisotopic (exact) mass is 176 g/mol. The molecular formula is C11H16N2. The average Bonchev–Trinajstić information content (AvgIpc) is 2.47. The highest BCUT2D eigenvalue weighted by Crippen LogP contribution is 2.38. The normalized spacial score (nSPS) is 21.2. The van der Waals surface area contributed by atoms with E-state index in [-0.39, 0.29) is 0 Å². The highest BCUT2D eigenvalue weighted by atomic mass is 15.1. The van der Waals surface area contributed by atoms with Crippen LogP contribution in [-0.4, -0.2) is 4.57 Å². The zero-order valence-electron chi connectivity index (χ0n) is 8.97. The second-order valence-electron chi connectivity index (χ2n) is 3.98. The van der Waals surface area contributed by atoms with Crippen LogP contribution in [0.4, 0.5) is 0 Å². The Labute approximate surface area is 79.5 Å². The highest BCUT2D eigenvalue weighted by molar-refractivity contribution is 5.72. The fourth-order valence-electron chi connectivity index (χ4n) is 2.32. The minimum Gasteiger partial charge on any atom is -0.350 e. The third-order valence-corrected chi connectivity index (χ3v) is 3.25. The van der Waals surface area contributed by atoms with E-state index in [1.165, 1.54) is 22.5 Å². The van der Waals surface area contributed by atoms with Crippen molar-refractivity contribution in [3.8, 4) is 0 Å². The molecule has 0 N–H and O–H groups in total. The molecule has 1 aromatic heterocycles. The molecule has 0 aromatic carbocycles. The van der Waals surface area contributed by atoms with Crippen LogP contribution in [0, 0.1) is 6.33 Å². The number of aryl methyl sites for hydroxylation is 2. The minimum absolute atomic E-state index is 0.553. The van der Waals surface area contributed by atoms with Gasteiger partial charge in [-0.1, -0.05) is 18.1 Å². The molecular weight excluding hydrogens is 160 g/mol. The van der Waals surface area contributed by atoms with Gasteiger partial charge in [-0.3, -0.25) is 0 Å². The van der Waals surface area contributed by atoms with Gasteiger partial charge in [-0.05, 0) is 19.8 Å². The van der Waals surface area contributed by atoms with Crippen molar-refractivity contribution in [2.45, 2.75) is 26.7 Å². The molecule has 2 heteroatoms. The maximum atomic E-state index is 3.26. The van der Waals surface area contributed by atoms with Gasteiger partial charge in [-0.25, -0.2) is 0 Å². The summed E-state index contributed by atoms with van der Waals surface area (Å²) in [5.41, 5.74) is 5.66. The second kappa shape index (κ2) is 2.47. The van der Waals surface area contributed by atoms with E-state index in [2.05, 4.69) is 50.3 Å². The van der Waals surface area contributed by atoms with E-state index < -0.39 is 0 Å². The Kier molecular flexibility index (Phi) is 1.62. The lowest BCUT2D eigenvalue weighted by Crippen LogP contribution is -2.31. The van der Waals surface area contributed by atoms with Gasteiger partial charge in [0.1, 0.15) is 0 Å². The van der Waals surface area contributed by atoms with Crippen molar-refractivity contribution in [2.75, 3.05) is 0 Å². The predicted molar refractivity (Wildman–Crippen MR) is 52.1 cm³/mol. The molecule has 1 aliphatic rings. The molecule has 1 aliphatic carbocycles. The Hall–Kier alpha value is -1.05. The molecule has 0 saturated heterocycles. The number of imidazole rings is 1. The van der Waals surface area contributed by atoms with E-state index in [9.17, 15) is 0 Å². The predicted octanol–water partition coefficient (Wildman–Crippen LogP) is 1.56. The SMILES string of the molecule is CC1=C(C)C(C)c2c1n(C)[c-][n+]2C. The van der Waals surface area contributed by atoms with Gasteiger partial charge >= 0.3 is 0 Å². The van der Waals surface area contributed by atoms with Gasteiger partial charge in [0.05, 0.1) is 14.1 Å². The van der Waals surface area contributed by atoms with Crippen LogP contribution in [0.5, 0.6) is 0 Å². The summed E-state index contributed by atoms with van der Waals surface area (Å²) in [6.07, 6.45) is 3.26. The number of hydrogen-bond acceptors (Lipinski definition) is 0. The summed E-state index contributed by atoms with van der Waals surface area (Å²) in [6.45, 7) is 6.68. The molecule has 13 heavy (non-hydrogen) atoms. The van der Waals surface area contributed by atoms with E-state index in [4.69, 9.17) is 0 Å². The van der Waals surface area contributed by atoms with E-state index in [1.54, 1.807) is 0 Å². The third kappa shape index (κ3) is 0.916. The van der Waals surface area contributed by atoms with E-state index in [0.29, 0.717) is 5.92 Å². The highest BCUT2D eigenvalue weighted by Gasteiger charge is 2.24. The van der Waals surface area contributed by atoms with Crippen LogP contribution in [-0.2, 0) is 14.1 Å². The molecule has 1 aromatic rings. The Bertz CT molecular complexity index is 396. The van der Waals surface area contributed by atoms with Gasteiger partial charge in [0.25, 0.3) is 0 Å². The lowest BCUT2D eigenvalue weighted by atomic mass is 10.0. The van der Waals surface area contributed by atoms with Crippen LogP contribution in [0.1, 0.15) is 38.1 Å². The molecule has 0 saturated carbocycles. The molecule has 0 bridgehead atoms. The number of rotatable bonds is 0. The summed E-state index contributed by atoms with van der Waals surface area (Å²) in [5, 5.41) is 0. The molecule has 0 fully saturated rings. The van der Waals surface area contributed by atoms with E-state index in [1.807, 2.05) is 0 Å². The quantitative estimate of drug-likeness (QED) is 0.419. The molecule has 70 valence electrons.